The van der Waals surface area contributed by atoms with Gasteiger partial charge in [-0.2, -0.15) is 0 Å². The molecule has 2 aliphatic heterocycles. The fraction of sp³-hybridized carbons (Fsp3) is 0.857. The molecule has 0 aromatic carbocycles. The van der Waals surface area contributed by atoms with Crippen LogP contribution in [0.5, 0.6) is 0 Å². The van der Waals surface area contributed by atoms with E-state index in [9.17, 15) is 9.59 Å². The van der Waals surface area contributed by atoms with E-state index < -0.39 is 0 Å². The van der Waals surface area contributed by atoms with E-state index in [1.54, 1.807) is 4.90 Å². The molecule has 2 rings (SSSR count). The van der Waals surface area contributed by atoms with Gasteiger partial charge in [0, 0.05) is 25.0 Å². The summed E-state index contributed by atoms with van der Waals surface area (Å²) in [5.74, 6) is 0.134. The third kappa shape index (κ3) is 3.26. The molecule has 0 spiro atoms. The normalized spacial score (nSPS) is 29.4. The summed E-state index contributed by atoms with van der Waals surface area (Å²) in [6, 6.07) is 0.210. The molecule has 0 radical (unpaired) electrons. The Morgan fingerprint density at radius 3 is 2.89 bits per heavy atom. The van der Waals surface area contributed by atoms with Crippen molar-refractivity contribution >= 4 is 11.8 Å². The molecule has 2 amide bonds. The van der Waals surface area contributed by atoms with Gasteiger partial charge in [-0.1, -0.05) is 6.92 Å². The summed E-state index contributed by atoms with van der Waals surface area (Å²) >= 11 is 0. The fourth-order valence-corrected chi connectivity index (χ4v) is 3.07. The zero-order valence-electron chi connectivity index (χ0n) is 11.9. The summed E-state index contributed by atoms with van der Waals surface area (Å²) in [7, 11) is 0. The van der Waals surface area contributed by atoms with E-state index in [1.807, 2.05) is 6.92 Å². The van der Waals surface area contributed by atoms with Crippen molar-refractivity contribution in [3.63, 3.8) is 0 Å². The van der Waals surface area contributed by atoms with Gasteiger partial charge < -0.3 is 15.5 Å². The second-order valence-corrected chi connectivity index (χ2v) is 5.61. The van der Waals surface area contributed by atoms with Gasteiger partial charge in [0.1, 0.15) is 6.04 Å². The zero-order valence-corrected chi connectivity index (χ0v) is 11.9. The highest BCUT2D eigenvalue weighted by Gasteiger charge is 2.33. The summed E-state index contributed by atoms with van der Waals surface area (Å²) in [5.41, 5.74) is 0. The van der Waals surface area contributed by atoms with Gasteiger partial charge in [-0.3, -0.25) is 9.59 Å². The van der Waals surface area contributed by atoms with Crippen molar-refractivity contribution in [1.82, 2.24) is 15.5 Å². The first-order valence-electron chi connectivity index (χ1n) is 7.46. The quantitative estimate of drug-likeness (QED) is 0.786. The Morgan fingerprint density at radius 2 is 2.32 bits per heavy atom. The maximum Gasteiger partial charge on any atom is 0.243 e. The number of hydrogen-bond acceptors (Lipinski definition) is 3. The number of nitrogens with one attached hydrogen (secondary N) is 2. The van der Waals surface area contributed by atoms with E-state index in [0.717, 1.165) is 32.4 Å². The summed E-state index contributed by atoms with van der Waals surface area (Å²) in [6.07, 6.45) is 4.26. The van der Waals surface area contributed by atoms with Crippen LogP contribution in [0.2, 0.25) is 0 Å². The first-order chi connectivity index (χ1) is 9.13. The highest BCUT2D eigenvalue weighted by molar-refractivity contribution is 5.88. The van der Waals surface area contributed by atoms with Crippen LogP contribution in [0.4, 0.5) is 0 Å². The van der Waals surface area contributed by atoms with Crippen LogP contribution >= 0.6 is 0 Å². The monoisotopic (exact) mass is 267 g/mol. The molecule has 2 N–H and O–H groups in total. The van der Waals surface area contributed by atoms with Crippen molar-refractivity contribution < 1.29 is 9.59 Å². The van der Waals surface area contributed by atoms with Crippen molar-refractivity contribution in [2.24, 2.45) is 0 Å². The molecular weight excluding hydrogens is 242 g/mol. The number of carbonyl (C=O) groups is 2. The van der Waals surface area contributed by atoms with E-state index in [2.05, 4.69) is 17.6 Å². The molecule has 2 fully saturated rings. The van der Waals surface area contributed by atoms with Gasteiger partial charge in [0.15, 0.2) is 0 Å². The van der Waals surface area contributed by atoms with Crippen molar-refractivity contribution in [1.29, 1.82) is 0 Å². The summed E-state index contributed by atoms with van der Waals surface area (Å²) in [5, 5.41) is 6.50. The van der Waals surface area contributed by atoms with Crippen molar-refractivity contribution in [2.75, 3.05) is 13.1 Å². The average molecular weight is 267 g/mol. The molecule has 5 nitrogen and oxygen atoms in total. The van der Waals surface area contributed by atoms with Crippen LogP contribution in [0.25, 0.3) is 0 Å². The molecule has 0 saturated carbocycles. The Morgan fingerprint density at radius 1 is 1.53 bits per heavy atom. The second-order valence-electron chi connectivity index (χ2n) is 5.61. The van der Waals surface area contributed by atoms with Crippen LogP contribution in [-0.4, -0.2) is 47.9 Å². The lowest BCUT2D eigenvalue weighted by molar-refractivity contribution is -0.138. The van der Waals surface area contributed by atoms with Gasteiger partial charge in [-0.05, 0) is 39.2 Å². The largest absolute Gasteiger partial charge is 0.350 e. The van der Waals surface area contributed by atoms with E-state index in [1.165, 1.54) is 0 Å². The van der Waals surface area contributed by atoms with Gasteiger partial charge in [0.2, 0.25) is 11.8 Å². The van der Waals surface area contributed by atoms with Crippen LogP contribution in [0.1, 0.15) is 46.0 Å². The smallest absolute Gasteiger partial charge is 0.243 e. The molecule has 3 atom stereocenters. The lowest BCUT2D eigenvalue weighted by Gasteiger charge is -2.33. The Hall–Kier alpha value is -1.10. The predicted octanol–water partition coefficient (Wildman–Crippen LogP) is 0.644. The SMILES string of the molecule is CCC(C(=O)NC1CCCNC1C)N1CCCC1=O. The van der Waals surface area contributed by atoms with E-state index in [4.69, 9.17) is 0 Å². The number of likely N-dealkylation sites (tertiary alicyclic amines) is 1. The topological polar surface area (TPSA) is 61.4 Å². The van der Waals surface area contributed by atoms with Crippen LogP contribution in [-0.2, 0) is 9.59 Å². The van der Waals surface area contributed by atoms with Crippen LogP contribution in [0, 0.1) is 0 Å². The second kappa shape index (κ2) is 6.37. The van der Waals surface area contributed by atoms with Crippen molar-refractivity contribution in [3.8, 4) is 0 Å². The summed E-state index contributed by atoms with van der Waals surface area (Å²) < 4.78 is 0. The Kier molecular flexibility index (Phi) is 4.80. The lowest BCUT2D eigenvalue weighted by Crippen LogP contribution is -2.56. The molecule has 2 saturated heterocycles. The van der Waals surface area contributed by atoms with Crippen molar-refractivity contribution in [3.05, 3.63) is 0 Å². The van der Waals surface area contributed by atoms with Gasteiger partial charge in [0.05, 0.1) is 0 Å². The molecule has 0 bridgehead atoms. The van der Waals surface area contributed by atoms with Gasteiger partial charge in [-0.25, -0.2) is 0 Å². The minimum absolute atomic E-state index is 0.0123. The number of nitrogens with zero attached hydrogens (tertiary/aromatic N) is 1. The summed E-state index contributed by atoms with van der Waals surface area (Å²) in [6.45, 7) is 5.82. The highest BCUT2D eigenvalue weighted by Crippen LogP contribution is 2.17. The molecule has 3 unspecified atom stereocenters. The number of amides is 2. The molecular formula is C14H25N3O2. The third-order valence-electron chi connectivity index (χ3n) is 4.27. The van der Waals surface area contributed by atoms with Crippen LogP contribution in [0.15, 0.2) is 0 Å². The number of piperidine rings is 1. The van der Waals surface area contributed by atoms with Crippen LogP contribution in [0.3, 0.4) is 0 Å². The molecule has 2 heterocycles. The molecule has 19 heavy (non-hydrogen) atoms. The Bertz CT molecular complexity index is 346. The summed E-state index contributed by atoms with van der Waals surface area (Å²) in [4.78, 5) is 25.9. The molecule has 0 aromatic rings. The lowest BCUT2D eigenvalue weighted by atomic mass is 9.99. The predicted molar refractivity (Wildman–Crippen MR) is 73.7 cm³/mol. The molecule has 2 aliphatic rings. The average Bonchev–Trinajstić information content (AvgIpc) is 2.80. The van der Waals surface area contributed by atoms with E-state index in [-0.39, 0.29) is 23.9 Å². The third-order valence-corrected chi connectivity index (χ3v) is 4.27. The molecule has 108 valence electrons. The van der Waals surface area contributed by atoms with E-state index >= 15 is 0 Å². The number of rotatable bonds is 4. The molecule has 5 heteroatoms. The van der Waals surface area contributed by atoms with Gasteiger partial charge in [-0.15, -0.1) is 0 Å². The van der Waals surface area contributed by atoms with Gasteiger partial charge >= 0.3 is 0 Å². The first kappa shape index (κ1) is 14.3. The maximum absolute atomic E-state index is 12.4. The molecule has 0 aliphatic carbocycles. The zero-order chi connectivity index (χ0) is 13.8. The number of carbonyl (C=O) groups excluding carboxylic acids is 2. The molecule has 0 aromatic heterocycles. The number of hydrogen-bond donors (Lipinski definition) is 2. The first-order valence-corrected chi connectivity index (χ1v) is 7.46. The standard InChI is InChI=1S/C14H25N3O2/c1-3-12(17-9-5-7-13(17)18)14(19)16-11-6-4-8-15-10(11)2/h10-12,15H,3-9H2,1-2H3,(H,16,19). The maximum atomic E-state index is 12.4. The highest BCUT2D eigenvalue weighted by atomic mass is 16.2. The Labute approximate surface area is 115 Å². The van der Waals surface area contributed by atoms with Crippen molar-refractivity contribution in [2.45, 2.75) is 64.1 Å². The van der Waals surface area contributed by atoms with Crippen LogP contribution < -0.4 is 10.6 Å². The Balaban J connectivity index is 1.94. The minimum atomic E-state index is -0.288. The van der Waals surface area contributed by atoms with E-state index in [0.29, 0.717) is 18.9 Å². The minimum Gasteiger partial charge on any atom is -0.350 e. The van der Waals surface area contributed by atoms with Gasteiger partial charge in [0.25, 0.3) is 0 Å². The fourth-order valence-electron chi connectivity index (χ4n) is 3.07.